The Bertz CT molecular complexity index is 857. The first kappa shape index (κ1) is 24.3. The van der Waals surface area contributed by atoms with Crippen molar-refractivity contribution in [3.05, 3.63) is 70.2 Å². The van der Waals surface area contributed by atoms with E-state index in [4.69, 9.17) is 11.6 Å². The molecule has 0 spiro atoms. The standard InChI is InChI=1S/C24H31ClN2O2S/c1-17(2)13-26-24(29)19(4)27(14-21-10-5-6-11-22(21)25)23(28)16-30-15-20-9-7-8-18(3)12-20/h5-12,17,19H,13-16H2,1-4H3,(H,26,29). The van der Waals surface area contributed by atoms with Gasteiger partial charge in [0.25, 0.3) is 0 Å². The molecule has 2 aromatic rings. The highest BCUT2D eigenvalue weighted by Crippen LogP contribution is 2.20. The van der Waals surface area contributed by atoms with Gasteiger partial charge in [-0.05, 0) is 37.0 Å². The number of amides is 2. The second kappa shape index (κ2) is 12.0. The molecule has 0 saturated carbocycles. The third-order valence-electron chi connectivity index (χ3n) is 4.73. The van der Waals surface area contributed by atoms with Crippen molar-refractivity contribution in [2.24, 2.45) is 5.92 Å². The fraction of sp³-hybridized carbons (Fsp3) is 0.417. The average molecular weight is 447 g/mol. The summed E-state index contributed by atoms with van der Waals surface area (Å²) in [7, 11) is 0. The van der Waals surface area contributed by atoms with Gasteiger partial charge in [0.1, 0.15) is 6.04 Å². The van der Waals surface area contributed by atoms with Crippen LogP contribution in [0.5, 0.6) is 0 Å². The van der Waals surface area contributed by atoms with Crippen molar-refractivity contribution in [2.75, 3.05) is 12.3 Å². The van der Waals surface area contributed by atoms with Gasteiger partial charge in [0.15, 0.2) is 0 Å². The minimum absolute atomic E-state index is 0.0697. The Balaban J connectivity index is 2.07. The van der Waals surface area contributed by atoms with Crippen molar-refractivity contribution in [3.8, 4) is 0 Å². The van der Waals surface area contributed by atoms with Crippen LogP contribution in [0, 0.1) is 12.8 Å². The number of hydrogen-bond donors (Lipinski definition) is 1. The maximum Gasteiger partial charge on any atom is 0.242 e. The van der Waals surface area contributed by atoms with Crippen molar-refractivity contribution in [2.45, 2.75) is 46.0 Å². The molecule has 2 amide bonds. The summed E-state index contributed by atoms with van der Waals surface area (Å²) < 4.78 is 0. The molecule has 162 valence electrons. The Morgan fingerprint density at radius 3 is 2.50 bits per heavy atom. The van der Waals surface area contributed by atoms with Crippen LogP contribution in [0.4, 0.5) is 0 Å². The van der Waals surface area contributed by atoms with Gasteiger partial charge in [-0.25, -0.2) is 0 Å². The Morgan fingerprint density at radius 1 is 1.10 bits per heavy atom. The molecule has 0 aromatic heterocycles. The zero-order valence-electron chi connectivity index (χ0n) is 18.2. The molecule has 0 radical (unpaired) electrons. The van der Waals surface area contributed by atoms with Gasteiger partial charge >= 0.3 is 0 Å². The van der Waals surface area contributed by atoms with Gasteiger partial charge in [-0.3, -0.25) is 9.59 Å². The highest BCUT2D eigenvalue weighted by atomic mass is 35.5. The molecular weight excluding hydrogens is 416 g/mol. The molecule has 6 heteroatoms. The van der Waals surface area contributed by atoms with Crippen LogP contribution in [0.25, 0.3) is 0 Å². The molecule has 0 aliphatic heterocycles. The molecular formula is C24H31ClN2O2S. The maximum atomic E-state index is 13.1. The largest absolute Gasteiger partial charge is 0.354 e. The first-order valence-corrected chi connectivity index (χ1v) is 11.7. The lowest BCUT2D eigenvalue weighted by Crippen LogP contribution is -2.48. The SMILES string of the molecule is Cc1cccc(CSCC(=O)N(Cc2ccccc2Cl)C(C)C(=O)NCC(C)C)c1. The van der Waals surface area contributed by atoms with Crippen LogP contribution in [0.1, 0.15) is 37.5 Å². The lowest BCUT2D eigenvalue weighted by molar-refractivity contribution is -0.138. The number of thioether (sulfide) groups is 1. The summed E-state index contributed by atoms with van der Waals surface area (Å²) in [4.78, 5) is 27.4. The molecule has 0 aliphatic rings. The number of benzene rings is 2. The number of nitrogens with zero attached hydrogens (tertiary/aromatic N) is 1. The van der Waals surface area contributed by atoms with E-state index in [9.17, 15) is 9.59 Å². The topological polar surface area (TPSA) is 49.4 Å². The van der Waals surface area contributed by atoms with Gasteiger partial charge in [-0.2, -0.15) is 0 Å². The normalized spacial score (nSPS) is 11.9. The molecule has 4 nitrogen and oxygen atoms in total. The van der Waals surface area contributed by atoms with Crippen LogP contribution < -0.4 is 5.32 Å². The number of nitrogens with one attached hydrogen (secondary N) is 1. The molecule has 30 heavy (non-hydrogen) atoms. The first-order valence-electron chi connectivity index (χ1n) is 10.2. The van der Waals surface area contributed by atoms with Crippen LogP contribution in [0.2, 0.25) is 5.02 Å². The second-order valence-corrected chi connectivity index (χ2v) is 9.30. The van der Waals surface area contributed by atoms with Gasteiger partial charge < -0.3 is 10.2 Å². The lowest BCUT2D eigenvalue weighted by atomic mass is 10.1. The van der Waals surface area contributed by atoms with E-state index in [-0.39, 0.29) is 11.8 Å². The average Bonchev–Trinajstić information content (AvgIpc) is 2.70. The summed E-state index contributed by atoms with van der Waals surface area (Å²) in [5, 5.41) is 3.53. The van der Waals surface area contributed by atoms with Crippen LogP contribution in [0.15, 0.2) is 48.5 Å². The lowest BCUT2D eigenvalue weighted by Gasteiger charge is -2.29. The summed E-state index contributed by atoms with van der Waals surface area (Å²) in [6.07, 6.45) is 0. The first-order chi connectivity index (χ1) is 14.3. The second-order valence-electron chi connectivity index (χ2n) is 7.91. The molecule has 0 aliphatic carbocycles. The Morgan fingerprint density at radius 2 is 1.83 bits per heavy atom. The molecule has 0 heterocycles. The Labute approximate surface area is 189 Å². The number of halogens is 1. The number of carbonyl (C=O) groups is 2. The van der Waals surface area contributed by atoms with Crippen LogP contribution in [0.3, 0.4) is 0 Å². The predicted molar refractivity (Wildman–Crippen MR) is 127 cm³/mol. The van der Waals surface area contributed by atoms with Crippen molar-refractivity contribution < 1.29 is 9.59 Å². The Kier molecular flexibility index (Phi) is 9.73. The molecule has 1 N–H and O–H groups in total. The molecule has 2 rings (SSSR count). The Hall–Kier alpha value is -1.98. The monoisotopic (exact) mass is 446 g/mol. The number of hydrogen-bond acceptors (Lipinski definition) is 3. The minimum atomic E-state index is -0.577. The van der Waals surface area contributed by atoms with E-state index in [0.29, 0.717) is 29.8 Å². The van der Waals surface area contributed by atoms with E-state index in [1.54, 1.807) is 29.7 Å². The van der Waals surface area contributed by atoms with Gasteiger partial charge in [-0.15, -0.1) is 11.8 Å². The number of aryl methyl sites for hydroxylation is 1. The molecule has 0 fully saturated rings. The minimum Gasteiger partial charge on any atom is -0.354 e. The van der Waals surface area contributed by atoms with E-state index >= 15 is 0 Å². The van der Waals surface area contributed by atoms with E-state index in [0.717, 1.165) is 11.3 Å². The molecule has 1 atom stereocenters. The van der Waals surface area contributed by atoms with Gasteiger partial charge in [0.2, 0.25) is 11.8 Å². The van der Waals surface area contributed by atoms with Crippen molar-refractivity contribution in [1.82, 2.24) is 10.2 Å². The fourth-order valence-electron chi connectivity index (χ4n) is 2.99. The van der Waals surface area contributed by atoms with Crippen LogP contribution >= 0.6 is 23.4 Å². The number of rotatable bonds is 10. The fourth-order valence-corrected chi connectivity index (χ4v) is 4.04. The summed E-state index contributed by atoms with van der Waals surface area (Å²) >= 11 is 7.87. The molecule has 0 saturated heterocycles. The zero-order valence-corrected chi connectivity index (χ0v) is 19.7. The molecule has 1 unspecified atom stereocenters. The predicted octanol–water partition coefficient (Wildman–Crippen LogP) is 5.07. The summed E-state index contributed by atoms with van der Waals surface area (Å²) in [5.74, 6) is 1.19. The third-order valence-corrected chi connectivity index (χ3v) is 6.08. The maximum absolute atomic E-state index is 13.1. The van der Waals surface area contributed by atoms with Crippen molar-refractivity contribution in [1.29, 1.82) is 0 Å². The zero-order chi connectivity index (χ0) is 22.1. The van der Waals surface area contributed by atoms with Gasteiger partial charge in [0.05, 0.1) is 5.75 Å². The molecule has 0 bridgehead atoms. The van der Waals surface area contributed by atoms with Crippen LogP contribution in [-0.4, -0.2) is 35.1 Å². The van der Waals surface area contributed by atoms with E-state index in [2.05, 4.69) is 30.4 Å². The van der Waals surface area contributed by atoms with Gasteiger partial charge in [-0.1, -0.05) is 73.5 Å². The van der Waals surface area contributed by atoms with E-state index < -0.39 is 6.04 Å². The van der Waals surface area contributed by atoms with Crippen molar-refractivity contribution in [3.63, 3.8) is 0 Å². The molecule has 2 aromatic carbocycles. The van der Waals surface area contributed by atoms with Crippen molar-refractivity contribution >= 4 is 35.2 Å². The summed E-state index contributed by atoms with van der Waals surface area (Å²) in [6.45, 7) is 8.80. The summed E-state index contributed by atoms with van der Waals surface area (Å²) in [6, 6.07) is 15.1. The van der Waals surface area contributed by atoms with E-state index in [1.165, 1.54) is 11.1 Å². The van der Waals surface area contributed by atoms with Crippen LogP contribution in [-0.2, 0) is 21.9 Å². The van der Waals surface area contributed by atoms with E-state index in [1.807, 2.05) is 38.1 Å². The number of carbonyl (C=O) groups excluding carboxylic acids is 2. The quantitative estimate of drug-likeness (QED) is 0.554. The van der Waals surface area contributed by atoms with Gasteiger partial charge in [0, 0.05) is 23.9 Å². The third kappa shape index (κ3) is 7.69. The highest BCUT2D eigenvalue weighted by Gasteiger charge is 2.26. The summed E-state index contributed by atoms with van der Waals surface area (Å²) in [5.41, 5.74) is 3.23. The highest BCUT2D eigenvalue weighted by molar-refractivity contribution is 7.99. The smallest absolute Gasteiger partial charge is 0.242 e.